The molecule has 4 nitrogen and oxygen atoms in total. The molecule has 0 spiro atoms. The van der Waals surface area contributed by atoms with Gasteiger partial charge in [0, 0.05) is 18.3 Å². The summed E-state index contributed by atoms with van der Waals surface area (Å²) >= 11 is 0. The van der Waals surface area contributed by atoms with Gasteiger partial charge in [0.2, 0.25) is 5.91 Å². The van der Waals surface area contributed by atoms with Gasteiger partial charge in [-0.25, -0.2) is 0 Å². The first kappa shape index (κ1) is 11.8. The second kappa shape index (κ2) is 5.57. The highest BCUT2D eigenvalue weighted by molar-refractivity contribution is 5.76. The smallest absolute Gasteiger partial charge is 0.223 e. The summed E-state index contributed by atoms with van der Waals surface area (Å²) in [6.07, 6.45) is 2.89. The molecular formula is C13H18N2O2. The standard InChI is InChI=1S/C13H18N2O2/c14-11-2-1-3-12(8-11)17-7-6-13(16)15-9-10-4-5-10/h1-3,8,10H,4-7,9,14H2,(H,15,16). The fourth-order valence-electron chi connectivity index (χ4n) is 1.53. The van der Waals surface area contributed by atoms with Crippen LogP contribution in [-0.4, -0.2) is 19.1 Å². The Morgan fingerprint density at radius 1 is 1.47 bits per heavy atom. The van der Waals surface area contributed by atoms with Crippen molar-refractivity contribution in [3.05, 3.63) is 24.3 Å². The average Bonchev–Trinajstić information content (AvgIpc) is 3.10. The van der Waals surface area contributed by atoms with Crippen molar-refractivity contribution in [3.8, 4) is 5.75 Å². The quantitative estimate of drug-likeness (QED) is 0.734. The van der Waals surface area contributed by atoms with E-state index in [1.165, 1.54) is 12.8 Å². The lowest BCUT2D eigenvalue weighted by molar-refractivity contribution is -0.121. The minimum atomic E-state index is 0.0563. The van der Waals surface area contributed by atoms with E-state index in [2.05, 4.69) is 5.32 Å². The van der Waals surface area contributed by atoms with Gasteiger partial charge in [-0.1, -0.05) is 6.07 Å². The molecule has 0 aliphatic heterocycles. The number of carbonyl (C=O) groups excluding carboxylic acids is 1. The molecule has 92 valence electrons. The predicted molar refractivity (Wildman–Crippen MR) is 66.7 cm³/mol. The predicted octanol–water partition coefficient (Wildman–Crippen LogP) is 1.56. The van der Waals surface area contributed by atoms with E-state index in [-0.39, 0.29) is 5.91 Å². The number of anilines is 1. The number of hydrogen-bond acceptors (Lipinski definition) is 3. The van der Waals surface area contributed by atoms with E-state index in [0.29, 0.717) is 30.4 Å². The third-order valence-corrected chi connectivity index (χ3v) is 2.74. The topological polar surface area (TPSA) is 64.3 Å². The van der Waals surface area contributed by atoms with Crippen molar-refractivity contribution in [2.75, 3.05) is 18.9 Å². The Balaban J connectivity index is 1.62. The third kappa shape index (κ3) is 4.34. The number of rotatable bonds is 6. The van der Waals surface area contributed by atoms with E-state index < -0.39 is 0 Å². The van der Waals surface area contributed by atoms with Crippen molar-refractivity contribution < 1.29 is 9.53 Å². The number of nitrogen functional groups attached to an aromatic ring is 1. The van der Waals surface area contributed by atoms with Gasteiger partial charge in [0.15, 0.2) is 0 Å². The molecule has 1 aromatic carbocycles. The Kier molecular flexibility index (Phi) is 3.85. The zero-order valence-electron chi connectivity index (χ0n) is 9.82. The van der Waals surface area contributed by atoms with Crippen LogP contribution in [0.3, 0.4) is 0 Å². The van der Waals surface area contributed by atoms with Crippen molar-refractivity contribution in [3.63, 3.8) is 0 Å². The highest BCUT2D eigenvalue weighted by Crippen LogP contribution is 2.27. The molecule has 1 aliphatic carbocycles. The Hall–Kier alpha value is -1.71. The van der Waals surface area contributed by atoms with Gasteiger partial charge in [-0.05, 0) is 30.9 Å². The second-order valence-corrected chi connectivity index (χ2v) is 4.42. The van der Waals surface area contributed by atoms with E-state index >= 15 is 0 Å². The van der Waals surface area contributed by atoms with E-state index in [1.807, 2.05) is 12.1 Å². The number of ether oxygens (including phenoxy) is 1. The number of nitrogens with two attached hydrogens (primary N) is 1. The van der Waals surface area contributed by atoms with Gasteiger partial charge in [-0.2, -0.15) is 0 Å². The van der Waals surface area contributed by atoms with Crippen LogP contribution in [0.4, 0.5) is 5.69 Å². The zero-order valence-corrected chi connectivity index (χ0v) is 9.82. The Labute approximate surface area is 101 Å². The lowest BCUT2D eigenvalue weighted by Gasteiger charge is -2.07. The Bertz CT molecular complexity index is 389. The van der Waals surface area contributed by atoms with Crippen molar-refractivity contribution >= 4 is 11.6 Å². The number of benzene rings is 1. The van der Waals surface area contributed by atoms with Crippen molar-refractivity contribution in [1.29, 1.82) is 0 Å². The summed E-state index contributed by atoms with van der Waals surface area (Å²) < 4.78 is 5.44. The van der Waals surface area contributed by atoms with Crippen LogP contribution >= 0.6 is 0 Å². The summed E-state index contributed by atoms with van der Waals surface area (Å²) in [5.74, 6) is 1.48. The molecule has 0 unspecified atom stereocenters. The molecule has 0 saturated heterocycles. The number of nitrogens with one attached hydrogen (secondary N) is 1. The molecule has 1 saturated carbocycles. The fourth-order valence-corrected chi connectivity index (χ4v) is 1.53. The first-order valence-corrected chi connectivity index (χ1v) is 5.99. The molecule has 0 aromatic heterocycles. The van der Waals surface area contributed by atoms with Crippen LogP contribution in [0.25, 0.3) is 0 Å². The van der Waals surface area contributed by atoms with Gasteiger partial charge in [-0.15, -0.1) is 0 Å². The SMILES string of the molecule is Nc1cccc(OCCC(=O)NCC2CC2)c1. The lowest BCUT2D eigenvalue weighted by atomic mass is 10.3. The first-order valence-electron chi connectivity index (χ1n) is 5.99. The summed E-state index contributed by atoms with van der Waals surface area (Å²) in [5.41, 5.74) is 6.29. The Morgan fingerprint density at radius 3 is 3.00 bits per heavy atom. The first-order chi connectivity index (χ1) is 8.24. The highest BCUT2D eigenvalue weighted by Gasteiger charge is 2.21. The number of hydrogen-bond donors (Lipinski definition) is 2. The van der Waals surface area contributed by atoms with Crippen LogP contribution in [-0.2, 0) is 4.79 Å². The molecule has 1 aromatic rings. The van der Waals surface area contributed by atoms with Crippen LogP contribution < -0.4 is 15.8 Å². The van der Waals surface area contributed by atoms with E-state index in [0.717, 1.165) is 6.54 Å². The second-order valence-electron chi connectivity index (χ2n) is 4.42. The molecule has 4 heteroatoms. The van der Waals surface area contributed by atoms with Gasteiger partial charge in [-0.3, -0.25) is 4.79 Å². The molecule has 2 rings (SSSR count). The molecule has 1 aliphatic rings. The largest absolute Gasteiger partial charge is 0.493 e. The fraction of sp³-hybridized carbons (Fsp3) is 0.462. The van der Waals surface area contributed by atoms with E-state index in [1.54, 1.807) is 12.1 Å². The number of amides is 1. The minimum absolute atomic E-state index is 0.0563. The van der Waals surface area contributed by atoms with Crippen LogP contribution in [0.2, 0.25) is 0 Å². The molecule has 1 amide bonds. The Morgan fingerprint density at radius 2 is 2.29 bits per heavy atom. The maximum Gasteiger partial charge on any atom is 0.223 e. The van der Waals surface area contributed by atoms with Crippen molar-refractivity contribution in [2.24, 2.45) is 5.92 Å². The number of carbonyl (C=O) groups is 1. The van der Waals surface area contributed by atoms with E-state index in [9.17, 15) is 4.79 Å². The van der Waals surface area contributed by atoms with Crippen LogP contribution in [0.15, 0.2) is 24.3 Å². The van der Waals surface area contributed by atoms with Gasteiger partial charge in [0.1, 0.15) is 5.75 Å². The van der Waals surface area contributed by atoms with Crippen molar-refractivity contribution in [1.82, 2.24) is 5.32 Å². The third-order valence-electron chi connectivity index (χ3n) is 2.74. The highest BCUT2D eigenvalue weighted by atomic mass is 16.5. The minimum Gasteiger partial charge on any atom is -0.493 e. The van der Waals surface area contributed by atoms with Gasteiger partial charge in [0.25, 0.3) is 0 Å². The van der Waals surface area contributed by atoms with Gasteiger partial charge < -0.3 is 15.8 Å². The maximum atomic E-state index is 11.4. The van der Waals surface area contributed by atoms with E-state index in [4.69, 9.17) is 10.5 Å². The molecule has 0 radical (unpaired) electrons. The van der Waals surface area contributed by atoms with Gasteiger partial charge in [0.05, 0.1) is 13.0 Å². The maximum absolute atomic E-state index is 11.4. The van der Waals surface area contributed by atoms with Crippen molar-refractivity contribution in [2.45, 2.75) is 19.3 Å². The monoisotopic (exact) mass is 234 g/mol. The summed E-state index contributed by atoms with van der Waals surface area (Å²) in [4.78, 5) is 11.4. The summed E-state index contributed by atoms with van der Waals surface area (Å²) in [5, 5.41) is 2.90. The average molecular weight is 234 g/mol. The molecule has 0 heterocycles. The van der Waals surface area contributed by atoms with Crippen LogP contribution in [0, 0.1) is 5.92 Å². The summed E-state index contributed by atoms with van der Waals surface area (Å²) in [6.45, 7) is 1.21. The van der Waals surface area contributed by atoms with Crippen LogP contribution in [0.5, 0.6) is 5.75 Å². The molecular weight excluding hydrogens is 216 g/mol. The normalized spacial score (nSPS) is 14.4. The molecule has 17 heavy (non-hydrogen) atoms. The van der Waals surface area contributed by atoms with Gasteiger partial charge >= 0.3 is 0 Å². The molecule has 1 fully saturated rings. The summed E-state index contributed by atoms with van der Waals surface area (Å²) in [6, 6.07) is 7.22. The molecule has 0 bridgehead atoms. The zero-order chi connectivity index (χ0) is 12.1. The lowest BCUT2D eigenvalue weighted by Crippen LogP contribution is -2.26. The van der Waals surface area contributed by atoms with Crippen LogP contribution in [0.1, 0.15) is 19.3 Å². The summed E-state index contributed by atoms with van der Waals surface area (Å²) in [7, 11) is 0. The molecule has 0 atom stereocenters. The molecule has 3 N–H and O–H groups in total.